The first-order chi connectivity index (χ1) is 8.25. The van der Waals surface area contributed by atoms with Gasteiger partial charge in [0, 0.05) is 25.6 Å². The van der Waals surface area contributed by atoms with Crippen molar-refractivity contribution >= 4 is 18.3 Å². The summed E-state index contributed by atoms with van der Waals surface area (Å²) in [5, 5.41) is 2.92. The summed E-state index contributed by atoms with van der Waals surface area (Å²) in [4.78, 5) is 11.6. The highest BCUT2D eigenvalue weighted by atomic mass is 35.5. The van der Waals surface area contributed by atoms with Crippen LogP contribution in [0.5, 0.6) is 0 Å². The summed E-state index contributed by atoms with van der Waals surface area (Å²) in [6, 6.07) is 0.157. The minimum Gasteiger partial charge on any atom is -0.378 e. The summed E-state index contributed by atoms with van der Waals surface area (Å²) < 4.78 is 5.60. The Morgan fingerprint density at radius 3 is 2.72 bits per heavy atom. The second-order valence-corrected chi connectivity index (χ2v) is 5.33. The summed E-state index contributed by atoms with van der Waals surface area (Å²) in [6.45, 7) is 1.49. The predicted molar refractivity (Wildman–Crippen MR) is 73.8 cm³/mol. The molecule has 0 aromatic heterocycles. The van der Waals surface area contributed by atoms with Gasteiger partial charge in [-0.2, -0.15) is 0 Å². The van der Waals surface area contributed by atoms with E-state index in [1.54, 1.807) is 0 Å². The first kappa shape index (κ1) is 15.7. The summed E-state index contributed by atoms with van der Waals surface area (Å²) in [5.41, 5.74) is 5.93. The summed E-state index contributed by atoms with van der Waals surface area (Å²) in [6.07, 6.45) is 7.69. The van der Waals surface area contributed by atoms with Crippen LogP contribution in [-0.2, 0) is 9.53 Å². The van der Waals surface area contributed by atoms with E-state index in [2.05, 4.69) is 5.32 Å². The second kappa shape index (κ2) is 7.97. The van der Waals surface area contributed by atoms with Gasteiger partial charge in [-0.15, -0.1) is 12.4 Å². The molecule has 1 heterocycles. The van der Waals surface area contributed by atoms with Crippen molar-refractivity contribution in [2.45, 2.75) is 57.1 Å². The quantitative estimate of drug-likeness (QED) is 0.775. The van der Waals surface area contributed by atoms with E-state index in [1.165, 1.54) is 25.7 Å². The SMILES string of the molecule is Cl.NC(CNC(=O)CCC1CCCCO1)C1CC1. The first-order valence-corrected chi connectivity index (χ1v) is 6.89. The average molecular weight is 277 g/mol. The maximum absolute atomic E-state index is 11.6. The van der Waals surface area contributed by atoms with Crippen LogP contribution in [0.1, 0.15) is 44.9 Å². The van der Waals surface area contributed by atoms with E-state index in [-0.39, 0.29) is 24.4 Å². The molecule has 2 aliphatic rings. The second-order valence-electron chi connectivity index (χ2n) is 5.33. The molecule has 0 radical (unpaired) electrons. The van der Waals surface area contributed by atoms with Gasteiger partial charge in [-0.1, -0.05) is 0 Å². The lowest BCUT2D eigenvalue weighted by Crippen LogP contribution is -2.38. The van der Waals surface area contributed by atoms with Gasteiger partial charge in [0.2, 0.25) is 5.91 Å². The Balaban J connectivity index is 0.00000162. The number of ether oxygens (including phenoxy) is 1. The number of rotatable bonds is 6. The predicted octanol–water partition coefficient (Wildman–Crippen LogP) is 1.61. The molecule has 2 rings (SSSR count). The lowest BCUT2D eigenvalue weighted by molar-refractivity contribution is -0.122. The lowest BCUT2D eigenvalue weighted by atomic mass is 10.0. The minimum absolute atomic E-state index is 0. The molecule has 1 amide bonds. The third-order valence-corrected chi connectivity index (χ3v) is 3.73. The van der Waals surface area contributed by atoms with Crippen molar-refractivity contribution in [3.8, 4) is 0 Å². The number of halogens is 1. The Hall–Kier alpha value is -0.320. The van der Waals surface area contributed by atoms with Crippen LogP contribution in [0.4, 0.5) is 0 Å². The van der Waals surface area contributed by atoms with Crippen LogP contribution < -0.4 is 11.1 Å². The van der Waals surface area contributed by atoms with E-state index in [0.717, 1.165) is 19.4 Å². The lowest BCUT2D eigenvalue weighted by Gasteiger charge is -2.22. The normalized spacial score (nSPS) is 25.1. The summed E-state index contributed by atoms with van der Waals surface area (Å²) >= 11 is 0. The molecule has 0 spiro atoms. The summed E-state index contributed by atoms with van der Waals surface area (Å²) in [7, 11) is 0. The first-order valence-electron chi connectivity index (χ1n) is 6.89. The van der Waals surface area contributed by atoms with Gasteiger partial charge in [-0.25, -0.2) is 0 Å². The largest absolute Gasteiger partial charge is 0.378 e. The molecule has 106 valence electrons. The minimum atomic E-state index is 0. The number of amides is 1. The number of hydrogen-bond acceptors (Lipinski definition) is 3. The van der Waals surface area contributed by atoms with Crippen molar-refractivity contribution < 1.29 is 9.53 Å². The Morgan fingerprint density at radius 2 is 2.11 bits per heavy atom. The van der Waals surface area contributed by atoms with Crippen molar-refractivity contribution in [3.05, 3.63) is 0 Å². The molecule has 18 heavy (non-hydrogen) atoms. The molecule has 0 aromatic carbocycles. The van der Waals surface area contributed by atoms with Gasteiger partial charge in [0.25, 0.3) is 0 Å². The number of hydrogen-bond donors (Lipinski definition) is 2. The molecule has 1 saturated heterocycles. The Labute approximate surface area is 115 Å². The van der Waals surface area contributed by atoms with Gasteiger partial charge in [0.15, 0.2) is 0 Å². The summed E-state index contributed by atoms with van der Waals surface area (Å²) in [5.74, 6) is 0.771. The number of nitrogens with two attached hydrogens (primary N) is 1. The van der Waals surface area contributed by atoms with E-state index in [4.69, 9.17) is 10.5 Å². The number of carbonyl (C=O) groups excluding carboxylic acids is 1. The fraction of sp³-hybridized carbons (Fsp3) is 0.923. The van der Waals surface area contributed by atoms with Crippen molar-refractivity contribution in [1.82, 2.24) is 5.32 Å². The van der Waals surface area contributed by atoms with Crippen LogP contribution in [-0.4, -0.2) is 31.2 Å². The van der Waals surface area contributed by atoms with Gasteiger partial charge in [-0.3, -0.25) is 4.79 Å². The van der Waals surface area contributed by atoms with Crippen LogP contribution in [0, 0.1) is 5.92 Å². The maximum atomic E-state index is 11.6. The van der Waals surface area contributed by atoms with E-state index < -0.39 is 0 Å². The van der Waals surface area contributed by atoms with Gasteiger partial charge < -0.3 is 15.8 Å². The monoisotopic (exact) mass is 276 g/mol. The average Bonchev–Trinajstić information content (AvgIpc) is 3.19. The Morgan fingerprint density at radius 1 is 1.33 bits per heavy atom. The molecule has 5 heteroatoms. The van der Waals surface area contributed by atoms with Crippen LogP contribution in [0.15, 0.2) is 0 Å². The highest BCUT2D eigenvalue weighted by Gasteiger charge is 2.28. The van der Waals surface area contributed by atoms with Crippen LogP contribution >= 0.6 is 12.4 Å². The molecule has 1 saturated carbocycles. The molecular weight excluding hydrogens is 252 g/mol. The number of carbonyl (C=O) groups is 1. The zero-order valence-corrected chi connectivity index (χ0v) is 11.7. The van der Waals surface area contributed by atoms with Gasteiger partial charge >= 0.3 is 0 Å². The Bertz CT molecular complexity index is 253. The molecule has 0 aromatic rings. The maximum Gasteiger partial charge on any atom is 0.220 e. The molecule has 4 nitrogen and oxygen atoms in total. The zero-order valence-electron chi connectivity index (χ0n) is 10.9. The Kier molecular flexibility index (Phi) is 6.97. The molecule has 1 aliphatic carbocycles. The van der Waals surface area contributed by atoms with Crippen molar-refractivity contribution in [2.75, 3.05) is 13.2 Å². The standard InChI is InChI=1S/C13H24N2O2.ClH/c14-12(10-4-5-10)9-15-13(16)7-6-11-3-1-2-8-17-11;/h10-12H,1-9,14H2,(H,15,16);1H. The highest BCUT2D eigenvalue weighted by molar-refractivity contribution is 5.85. The van der Waals surface area contributed by atoms with E-state index in [0.29, 0.717) is 25.0 Å². The fourth-order valence-electron chi connectivity index (χ4n) is 2.34. The highest BCUT2D eigenvalue weighted by Crippen LogP contribution is 2.31. The molecular formula is C13H25ClN2O2. The zero-order chi connectivity index (χ0) is 12.1. The van der Waals surface area contributed by atoms with Crippen molar-refractivity contribution in [3.63, 3.8) is 0 Å². The molecule has 2 atom stereocenters. The van der Waals surface area contributed by atoms with E-state index in [9.17, 15) is 4.79 Å². The molecule has 2 unspecified atom stereocenters. The smallest absolute Gasteiger partial charge is 0.220 e. The molecule has 2 fully saturated rings. The van der Waals surface area contributed by atoms with Gasteiger partial charge in [0.05, 0.1) is 6.10 Å². The van der Waals surface area contributed by atoms with E-state index in [1.807, 2.05) is 0 Å². The van der Waals surface area contributed by atoms with Crippen LogP contribution in [0.3, 0.4) is 0 Å². The fourth-order valence-corrected chi connectivity index (χ4v) is 2.34. The van der Waals surface area contributed by atoms with Gasteiger partial charge in [-0.05, 0) is 44.4 Å². The van der Waals surface area contributed by atoms with Crippen LogP contribution in [0.25, 0.3) is 0 Å². The molecule has 3 N–H and O–H groups in total. The third kappa shape index (κ3) is 5.55. The van der Waals surface area contributed by atoms with Crippen molar-refractivity contribution in [2.24, 2.45) is 11.7 Å². The topological polar surface area (TPSA) is 64.3 Å². The number of nitrogens with one attached hydrogen (secondary N) is 1. The molecule has 1 aliphatic heterocycles. The third-order valence-electron chi connectivity index (χ3n) is 3.73. The van der Waals surface area contributed by atoms with Crippen LogP contribution in [0.2, 0.25) is 0 Å². The molecule has 0 bridgehead atoms. The van der Waals surface area contributed by atoms with E-state index >= 15 is 0 Å². The van der Waals surface area contributed by atoms with Gasteiger partial charge in [0.1, 0.15) is 0 Å². The van der Waals surface area contributed by atoms with Crippen molar-refractivity contribution in [1.29, 1.82) is 0 Å².